The van der Waals surface area contributed by atoms with Gasteiger partial charge in [-0.2, -0.15) is 0 Å². The molecule has 0 N–H and O–H groups in total. The molecule has 2 aromatic heterocycles. The maximum absolute atomic E-state index is 13.3. The molecule has 364 valence electrons. The normalized spacial score (nSPS) is 12.8. The molecule has 3 heterocycles. The molecule has 0 atom stereocenters. The highest BCUT2D eigenvalue weighted by molar-refractivity contribution is 6.09. The van der Waals surface area contributed by atoms with Gasteiger partial charge in [0.2, 0.25) is 0 Å². The summed E-state index contributed by atoms with van der Waals surface area (Å²) in [4.78, 5) is 28.9. The number of anilines is 1. The minimum absolute atomic E-state index is 0.0281. The molecule has 71 heavy (non-hydrogen) atoms. The van der Waals surface area contributed by atoms with E-state index >= 15 is 0 Å². The number of morpholine rings is 1. The number of carbonyl (C=O) groups is 2. The van der Waals surface area contributed by atoms with Crippen molar-refractivity contribution in [1.82, 2.24) is 9.13 Å². The van der Waals surface area contributed by atoms with Crippen molar-refractivity contribution in [3.05, 3.63) is 146 Å². The zero-order valence-corrected chi connectivity index (χ0v) is 40.2. The Kier molecular flexibility index (Phi) is 14.8. The molecule has 10 rings (SSSR count). The van der Waals surface area contributed by atoms with Crippen molar-refractivity contribution in [3.63, 3.8) is 0 Å². The lowest BCUT2D eigenvalue weighted by Crippen LogP contribution is -2.36. The Labute approximate surface area is 413 Å². The predicted molar refractivity (Wildman–Crippen MR) is 280 cm³/mol. The lowest BCUT2D eigenvalue weighted by Gasteiger charge is -2.29. The molecule has 0 spiro atoms. The van der Waals surface area contributed by atoms with E-state index in [4.69, 9.17) is 33.2 Å². The Morgan fingerprint density at radius 3 is 1.45 bits per heavy atom. The van der Waals surface area contributed by atoms with Gasteiger partial charge < -0.3 is 47.2 Å². The van der Waals surface area contributed by atoms with E-state index in [1.807, 2.05) is 109 Å². The Hall–Kier alpha value is -7.70. The summed E-state index contributed by atoms with van der Waals surface area (Å²) in [5, 5.41) is 6.49. The smallest absolute Gasteiger partial charge is 0.315 e. The Balaban J connectivity index is 0.703. The Morgan fingerprint density at radius 1 is 0.465 bits per heavy atom. The first-order valence-electron chi connectivity index (χ1n) is 24.7. The molecular formula is C59H59N3O9. The van der Waals surface area contributed by atoms with Crippen LogP contribution in [0.3, 0.4) is 0 Å². The van der Waals surface area contributed by atoms with Gasteiger partial charge in [0.1, 0.15) is 28.7 Å². The maximum atomic E-state index is 13.3. The average molecular weight is 954 g/mol. The number of methoxy groups -OCH3 is 1. The molecule has 0 radical (unpaired) electrons. The first kappa shape index (κ1) is 47.0. The van der Waals surface area contributed by atoms with E-state index in [1.165, 1.54) is 0 Å². The van der Waals surface area contributed by atoms with Crippen LogP contribution in [0.25, 0.3) is 54.4 Å². The minimum Gasteiger partial charge on any atom is -0.497 e. The number of nitrogens with zero attached hydrogens (tertiary/aromatic N) is 3. The van der Waals surface area contributed by atoms with Crippen molar-refractivity contribution in [1.29, 1.82) is 0 Å². The van der Waals surface area contributed by atoms with Gasteiger partial charge in [0.25, 0.3) is 0 Å². The number of aromatic nitrogens is 2. The van der Waals surface area contributed by atoms with Gasteiger partial charge in [-0.3, -0.25) is 9.59 Å². The quantitative estimate of drug-likeness (QED) is 0.0370. The SMILES string of the molecule is COc1ccc2cc(OCCCCOc3ccc4c5ccccc5n(CCC(=O)OC(=O)CCn5c6ccccc6c6ccc(OCCCCOc7cccc(N8CCOCC8)c7)cc65)c4c3)ccc2c1. The monoisotopic (exact) mass is 953 g/mol. The molecule has 12 heteroatoms. The van der Waals surface area contributed by atoms with E-state index in [-0.39, 0.29) is 12.8 Å². The minimum atomic E-state index is -0.565. The largest absolute Gasteiger partial charge is 0.497 e. The summed E-state index contributed by atoms with van der Waals surface area (Å²) in [5.41, 5.74) is 5.05. The third kappa shape index (κ3) is 11.2. The number of unbranched alkanes of at least 4 members (excludes halogenated alkanes) is 2. The Morgan fingerprint density at radius 2 is 0.915 bits per heavy atom. The predicted octanol–water partition coefficient (Wildman–Crippen LogP) is 11.9. The molecule has 0 bridgehead atoms. The van der Waals surface area contributed by atoms with Crippen molar-refractivity contribution < 1.29 is 42.7 Å². The van der Waals surface area contributed by atoms with Crippen molar-refractivity contribution in [2.75, 3.05) is 64.7 Å². The summed E-state index contributed by atoms with van der Waals surface area (Å²) in [6.45, 7) is 6.21. The molecule has 1 saturated heterocycles. The van der Waals surface area contributed by atoms with E-state index in [0.717, 1.165) is 141 Å². The first-order chi connectivity index (χ1) is 35.0. The lowest BCUT2D eigenvalue weighted by molar-refractivity contribution is -0.159. The van der Waals surface area contributed by atoms with Crippen LogP contribution >= 0.6 is 0 Å². The zero-order valence-electron chi connectivity index (χ0n) is 40.2. The second-order valence-electron chi connectivity index (χ2n) is 17.8. The molecule has 1 aliphatic rings. The van der Waals surface area contributed by atoms with Crippen molar-refractivity contribution in [3.8, 4) is 28.7 Å². The van der Waals surface area contributed by atoms with Crippen LogP contribution in [0.5, 0.6) is 28.7 Å². The van der Waals surface area contributed by atoms with E-state index in [1.54, 1.807) is 7.11 Å². The molecular weight excluding hydrogens is 895 g/mol. The highest BCUT2D eigenvalue weighted by Crippen LogP contribution is 2.34. The summed E-state index contributed by atoms with van der Waals surface area (Å²) in [5.74, 6) is 2.90. The van der Waals surface area contributed by atoms with Crippen LogP contribution in [0, 0.1) is 0 Å². The highest BCUT2D eigenvalue weighted by atomic mass is 16.6. The van der Waals surface area contributed by atoms with Gasteiger partial charge in [-0.05, 0) is 109 Å². The van der Waals surface area contributed by atoms with E-state index in [2.05, 4.69) is 50.4 Å². The molecule has 0 amide bonds. The molecule has 9 aromatic rings. The fourth-order valence-electron chi connectivity index (χ4n) is 9.53. The van der Waals surface area contributed by atoms with Crippen LogP contribution in [0.4, 0.5) is 5.69 Å². The van der Waals surface area contributed by atoms with Crippen LogP contribution < -0.4 is 28.6 Å². The summed E-state index contributed by atoms with van der Waals surface area (Å²) in [7, 11) is 1.67. The van der Waals surface area contributed by atoms with Gasteiger partial charge >= 0.3 is 11.9 Å². The second kappa shape index (κ2) is 22.4. The summed E-state index contributed by atoms with van der Waals surface area (Å²) >= 11 is 0. The van der Waals surface area contributed by atoms with Gasteiger partial charge in [0.15, 0.2) is 0 Å². The zero-order chi connectivity index (χ0) is 48.4. The lowest BCUT2D eigenvalue weighted by atomic mass is 10.1. The topological polar surface area (TPSA) is 112 Å². The second-order valence-corrected chi connectivity index (χ2v) is 17.8. The van der Waals surface area contributed by atoms with Crippen molar-refractivity contribution in [2.24, 2.45) is 0 Å². The molecule has 1 fully saturated rings. The summed E-state index contributed by atoms with van der Waals surface area (Å²) < 4.78 is 45.1. The van der Waals surface area contributed by atoms with Crippen LogP contribution in [0.2, 0.25) is 0 Å². The van der Waals surface area contributed by atoms with Gasteiger partial charge in [0, 0.05) is 82.6 Å². The number of hydrogen-bond acceptors (Lipinski definition) is 10. The number of hydrogen-bond donors (Lipinski definition) is 0. The van der Waals surface area contributed by atoms with E-state index in [9.17, 15) is 9.59 Å². The van der Waals surface area contributed by atoms with Crippen LogP contribution in [-0.2, 0) is 32.2 Å². The summed E-state index contributed by atoms with van der Waals surface area (Å²) in [6, 6.07) is 48.8. The van der Waals surface area contributed by atoms with Gasteiger partial charge in [-0.1, -0.05) is 54.6 Å². The number of esters is 2. The van der Waals surface area contributed by atoms with Gasteiger partial charge in [0.05, 0.1) is 70.6 Å². The van der Waals surface area contributed by atoms with Crippen molar-refractivity contribution in [2.45, 2.75) is 51.6 Å². The molecule has 0 unspecified atom stereocenters. The fourth-order valence-corrected chi connectivity index (χ4v) is 9.53. The van der Waals surface area contributed by atoms with Crippen molar-refractivity contribution >= 4 is 72.0 Å². The fraction of sp³-hybridized carbons (Fsp3) is 0.288. The van der Waals surface area contributed by atoms with E-state index < -0.39 is 11.9 Å². The van der Waals surface area contributed by atoms with Crippen LogP contribution in [-0.4, -0.2) is 80.9 Å². The Bertz CT molecular complexity index is 3300. The number of ether oxygens (including phenoxy) is 7. The van der Waals surface area contributed by atoms with Crippen LogP contribution in [0.15, 0.2) is 146 Å². The third-order valence-electron chi connectivity index (χ3n) is 13.2. The van der Waals surface area contributed by atoms with Gasteiger partial charge in [-0.25, -0.2) is 0 Å². The number of carbonyl (C=O) groups excluding carboxylic acids is 2. The number of fused-ring (bicyclic) bond motifs is 7. The number of aryl methyl sites for hydroxylation is 2. The average Bonchev–Trinajstić information content (AvgIpc) is 3.90. The maximum Gasteiger partial charge on any atom is 0.315 e. The molecule has 0 aliphatic carbocycles. The third-order valence-corrected chi connectivity index (χ3v) is 13.2. The molecule has 1 aliphatic heterocycles. The molecule has 12 nitrogen and oxygen atoms in total. The summed E-state index contributed by atoms with van der Waals surface area (Å²) in [6.07, 6.45) is 3.40. The van der Waals surface area contributed by atoms with Crippen LogP contribution in [0.1, 0.15) is 38.5 Å². The highest BCUT2D eigenvalue weighted by Gasteiger charge is 2.18. The number of benzene rings is 7. The standard InChI is InChI=1S/C59H59N3O9/c1-65-45-19-17-43-38-47(20-18-42(43)37-45)68-32-7-9-34-70-49-22-24-53-51-14-3-5-16-55(51)62(57(53)41-49)28-26-59(64)71-58(63)25-27-61-54-15-4-2-13-50(54)52-23-21-48(40-56(52)61)69-33-8-6-31-67-46-12-10-11-44(39-46)60-29-35-66-36-30-60/h2-5,10-24,37-41H,6-9,25-36H2,1H3. The number of para-hydroxylation sites is 2. The number of rotatable bonds is 22. The molecule has 7 aromatic carbocycles. The first-order valence-corrected chi connectivity index (χ1v) is 24.7. The molecule has 0 saturated carbocycles. The van der Waals surface area contributed by atoms with E-state index in [0.29, 0.717) is 39.5 Å². The van der Waals surface area contributed by atoms with Gasteiger partial charge in [-0.15, -0.1) is 0 Å².